The van der Waals surface area contributed by atoms with E-state index in [4.69, 9.17) is 4.74 Å². The molecule has 1 aromatic heterocycles. The van der Waals surface area contributed by atoms with Gasteiger partial charge >= 0.3 is 0 Å². The summed E-state index contributed by atoms with van der Waals surface area (Å²) in [5, 5.41) is 3.99. The van der Waals surface area contributed by atoms with Crippen LogP contribution < -0.4 is 4.74 Å². The lowest BCUT2D eigenvalue weighted by Gasteiger charge is -2.01. The van der Waals surface area contributed by atoms with Crippen LogP contribution in [-0.2, 0) is 7.05 Å². The highest BCUT2D eigenvalue weighted by atomic mass is 16.5. The molecule has 1 fully saturated rings. The molecule has 1 saturated carbocycles. The molecular weight excluding hydrogens is 128 g/mol. The summed E-state index contributed by atoms with van der Waals surface area (Å²) >= 11 is 0. The van der Waals surface area contributed by atoms with Crippen molar-refractivity contribution < 1.29 is 4.74 Å². The van der Waals surface area contributed by atoms with Crippen molar-refractivity contribution in [2.75, 3.05) is 0 Å². The minimum absolute atomic E-state index is 0.468. The number of ether oxygens (including phenoxy) is 1. The fraction of sp³-hybridized carbons (Fsp3) is 0.571. The van der Waals surface area contributed by atoms with Crippen LogP contribution >= 0.6 is 0 Å². The lowest BCUT2D eigenvalue weighted by Crippen LogP contribution is -2.01. The highest BCUT2D eigenvalue weighted by Crippen LogP contribution is 2.25. The predicted octanol–water partition coefficient (Wildman–Crippen LogP) is 0.961. The van der Waals surface area contributed by atoms with Gasteiger partial charge in [0.15, 0.2) is 0 Å². The smallest absolute Gasteiger partial charge is 0.211 e. The van der Waals surface area contributed by atoms with E-state index < -0.39 is 0 Å². The first kappa shape index (κ1) is 5.77. The summed E-state index contributed by atoms with van der Waals surface area (Å²) in [6.07, 6.45) is 4.61. The van der Waals surface area contributed by atoms with Crippen LogP contribution in [0.25, 0.3) is 0 Å². The van der Waals surface area contributed by atoms with Crippen molar-refractivity contribution in [3.05, 3.63) is 12.3 Å². The first-order valence-electron chi connectivity index (χ1n) is 3.51. The molecule has 1 heterocycles. The second-order valence-corrected chi connectivity index (χ2v) is 2.61. The third-order valence-electron chi connectivity index (χ3n) is 1.59. The Labute approximate surface area is 59.6 Å². The third-order valence-corrected chi connectivity index (χ3v) is 1.59. The van der Waals surface area contributed by atoms with Gasteiger partial charge in [0, 0.05) is 13.1 Å². The Morgan fingerprint density at radius 2 is 2.50 bits per heavy atom. The third kappa shape index (κ3) is 0.988. The fourth-order valence-corrected chi connectivity index (χ4v) is 0.834. The molecule has 0 bridgehead atoms. The highest BCUT2D eigenvalue weighted by molar-refractivity contribution is 5.08. The Bertz CT molecular complexity index is 227. The molecule has 2 rings (SSSR count). The summed E-state index contributed by atoms with van der Waals surface area (Å²) in [6, 6.07) is 1.89. The monoisotopic (exact) mass is 138 g/mol. The molecule has 0 aliphatic heterocycles. The molecule has 3 heteroatoms. The van der Waals surface area contributed by atoms with Gasteiger partial charge in [-0.05, 0) is 12.8 Å². The Hall–Kier alpha value is -0.990. The molecule has 0 unspecified atom stereocenters. The van der Waals surface area contributed by atoms with E-state index in [2.05, 4.69) is 5.10 Å². The van der Waals surface area contributed by atoms with Crippen molar-refractivity contribution in [1.29, 1.82) is 0 Å². The van der Waals surface area contributed by atoms with Gasteiger partial charge in [0.2, 0.25) is 5.88 Å². The zero-order chi connectivity index (χ0) is 6.97. The van der Waals surface area contributed by atoms with Gasteiger partial charge in [0.05, 0.1) is 6.20 Å². The Balaban J connectivity index is 2.08. The van der Waals surface area contributed by atoms with E-state index >= 15 is 0 Å². The van der Waals surface area contributed by atoms with E-state index in [1.807, 2.05) is 13.1 Å². The quantitative estimate of drug-likeness (QED) is 0.608. The van der Waals surface area contributed by atoms with Crippen molar-refractivity contribution >= 4 is 0 Å². The van der Waals surface area contributed by atoms with E-state index in [-0.39, 0.29) is 0 Å². The van der Waals surface area contributed by atoms with Gasteiger partial charge in [-0.15, -0.1) is 0 Å². The minimum Gasteiger partial charge on any atom is -0.475 e. The zero-order valence-corrected chi connectivity index (χ0v) is 5.95. The average molecular weight is 138 g/mol. The van der Waals surface area contributed by atoms with Crippen molar-refractivity contribution in [1.82, 2.24) is 9.78 Å². The topological polar surface area (TPSA) is 27.1 Å². The summed E-state index contributed by atoms with van der Waals surface area (Å²) in [7, 11) is 1.89. The molecule has 0 spiro atoms. The molecule has 54 valence electrons. The summed E-state index contributed by atoms with van der Waals surface area (Å²) in [5.41, 5.74) is 0. The SMILES string of the molecule is Cn1nccc1OC1CC1. The molecule has 3 nitrogen and oxygen atoms in total. The maximum Gasteiger partial charge on any atom is 0.211 e. The van der Waals surface area contributed by atoms with Crippen LogP contribution in [0.15, 0.2) is 12.3 Å². The van der Waals surface area contributed by atoms with Gasteiger partial charge in [0.25, 0.3) is 0 Å². The Morgan fingerprint density at radius 1 is 1.70 bits per heavy atom. The molecular formula is C7H10N2O. The van der Waals surface area contributed by atoms with Crippen molar-refractivity contribution in [2.24, 2.45) is 7.05 Å². The number of nitrogens with zero attached hydrogens (tertiary/aromatic N) is 2. The van der Waals surface area contributed by atoms with Crippen LogP contribution in [0, 0.1) is 0 Å². The van der Waals surface area contributed by atoms with E-state index in [0.29, 0.717) is 6.10 Å². The lowest BCUT2D eigenvalue weighted by molar-refractivity contribution is 0.276. The van der Waals surface area contributed by atoms with E-state index in [1.54, 1.807) is 10.9 Å². The van der Waals surface area contributed by atoms with Crippen LogP contribution in [0.4, 0.5) is 0 Å². The standard InChI is InChI=1S/C7H10N2O/c1-9-7(4-5-8-9)10-6-2-3-6/h4-6H,2-3H2,1H3. The largest absolute Gasteiger partial charge is 0.475 e. The summed E-state index contributed by atoms with van der Waals surface area (Å²) in [4.78, 5) is 0. The van der Waals surface area contributed by atoms with Crippen LogP contribution in [0.5, 0.6) is 5.88 Å². The van der Waals surface area contributed by atoms with Crippen molar-refractivity contribution in [3.8, 4) is 5.88 Å². The number of hydrogen-bond acceptors (Lipinski definition) is 2. The van der Waals surface area contributed by atoms with E-state index in [1.165, 1.54) is 12.8 Å². The molecule has 0 atom stereocenters. The summed E-state index contributed by atoms with van der Waals surface area (Å²) in [6.45, 7) is 0. The molecule has 0 N–H and O–H groups in total. The van der Waals surface area contributed by atoms with Crippen LogP contribution in [0.1, 0.15) is 12.8 Å². The van der Waals surface area contributed by atoms with Gasteiger partial charge in [-0.25, -0.2) is 4.68 Å². The van der Waals surface area contributed by atoms with Crippen LogP contribution in [-0.4, -0.2) is 15.9 Å². The van der Waals surface area contributed by atoms with Crippen molar-refractivity contribution in [2.45, 2.75) is 18.9 Å². The predicted molar refractivity (Wildman–Crippen MR) is 36.9 cm³/mol. The Kier molecular flexibility index (Phi) is 1.16. The fourth-order valence-electron chi connectivity index (χ4n) is 0.834. The number of rotatable bonds is 2. The molecule has 1 aromatic rings. The second kappa shape index (κ2) is 2.01. The van der Waals surface area contributed by atoms with Gasteiger partial charge in [-0.1, -0.05) is 0 Å². The zero-order valence-electron chi connectivity index (χ0n) is 5.95. The first-order valence-corrected chi connectivity index (χ1v) is 3.51. The molecule has 0 saturated heterocycles. The van der Waals surface area contributed by atoms with Gasteiger partial charge < -0.3 is 4.74 Å². The number of aryl methyl sites for hydroxylation is 1. The molecule has 0 aromatic carbocycles. The van der Waals surface area contributed by atoms with E-state index in [0.717, 1.165) is 5.88 Å². The number of aromatic nitrogens is 2. The maximum absolute atomic E-state index is 5.50. The lowest BCUT2D eigenvalue weighted by atomic mass is 10.7. The van der Waals surface area contributed by atoms with E-state index in [9.17, 15) is 0 Å². The number of hydrogen-bond donors (Lipinski definition) is 0. The van der Waals surface area contributed by atoms with Gasteiger partial charge in [-0.3, -0.25) is 0 Å². The van der Waals surface area contributed by atoms with Crippen LogP contribution in [0.2, 0.25) is 0 Å². The normalized spacial score (nSPS) is 17.3. The molecule has 1 aliphatic rings. The molecule has 1 aliphatic carbocycles. The molecule has 10 heavy (non-hydrogen) atoms. The van der Waals surface area contributed by atoms with Gasteiger partial charge in [-0.2, -0.15) is 5.10 Å². The summed E-state index contributed by atoms with van der Waals surface area (Å²) in [5.74, 6) is 0.877. The highest BCUT2D eigenvalue weighted by Gasteiger charge is 2.24. The molecule has 0 radical (unpaired) electrons. The summed E-state index contributed by atoms with van der Waals surface area (Å²) < 4.78 is 7.24. The average Bonchev–Trinajstić information content (AvgIpc) is 2.62. The van der Waals surface area contributed by atoms with Gasteiger partial charge in [0.1, 0.15) is 6.10 Å². The van der Waals surface area contributed by atoms with Crippen LogP contribution in [0.3, 0.4) is 0 Å². The van der Waals surface area contributed by atoms with Crippen molar-refractivity contribution in [3.63, 3.8) is 0 Å². The Morgan fingerprint density at radius 3 is 3.00 bits per heavy atom. The minimum atomic E-state index is 0.468. The maximum atomic E-state index is 5.50. The molecule has 0 amide bonds. The second-order valence-electron chi connectivity index (χ2n) is 2.61. The first-order chi connectivity index (χ1) is 4.86.